The van der Waals surface area contributed by atoms with Gasteiger partial charge in [-0.25, -0.2) is 4.98 Å². The Morgan fingerprint density at radius 3 is 2.53 bits per heavy atom. The molecule has 160 valence electrons. The smallest absolute Gasteiger partial charge is 0.303 e. The van der Waals surface area contributed by atoms with Crippen LogP contribution in [0.3, 0.4) is 0 Å². The van der Waals surface area contributed by atoms with Crippen LogP contribution in [-0.2, 0) is 15.6 Å². The number of unbranched alkanes of at least 4 members (excludes halogenated alkanes) is 2. The Bertz CT molecular complexity index is 1040. The van der Waals surface area contributed by atoms with Gasteiger partial charge in [0.1, 0.15) is 5.75 Å². The summed E-state index contributed by atoms with van der Waals surface area (Å²) in [5.74, 6) is -0.0452. The van der Waals surface area contributed by atoms with E-state index in [4.69, 9.17) is 9.84 Å². The highest BCUT2D eigenvalue weighted by Gasteiger charge is 2.20. The standard InChI is InChI=1S/C23H28N2O4S/c1-16(2)30(28)23-24-20-13-12-19(29-14-6-4-5-7-22(26)27)15-21(20)25(23)18-10-8-17(3)9-11-18/h8-13,15-16H,4-7,14H2,1-3H3,(H,26,27). The number of aromatic nitrogens is 2. The lowest BCUT2D eigenvalue weighted by Crippen LogP contribution is -2.12. The SMILES string of the molecule is Cc1ccc(-n2c(S(=O)C(C)C)nc3ccc(OCCCCCC(=O)O)cc32)cc1. The van der Waals surface area contributed by atoms with Gasteiger partial charge in [0.2, 0.25) is 5.16 Å². The van der Waals surface area contributed by atoms with Crippen LogP contribution in [0.2, 0.25) is 0 Å². The predicted molar refractivity (Wildman–Crippen MR) is 119 cm³/mol. The van der Waals surface area contributed by atoms with Gasteiger partial charge >= 0.3 is 5.97 Å². The lowest BCUT2D eigenvalue weighted by atomic mass is 10.2. The maximum atomic E-state index is 12.9. The summed E-state index contributed by atoms with van der Waals surface area (Å²) in [5.41, 5.74) is 3.69. The van der Waals surface area contributed by atoms with E-state index in [0.29, 0.717) is 18.2 Å². The number of carbonyl (C=O) groups is 1. The van der Waals surface area contributed by atoms with Crippen molar-refractivity contribution < 1.29 is 18.8 Å². The molecule has 30 heavy (non-hydrogen) atoms. The van der Waals surface area contributed by atoms with E-state index in [9.17, 15) is 9.00 Å². The van der Waals surface area contributed by atoms with Crippen LogP contribution >= 0.6 is 0 Å². The summed E-state index contributed by atoms with van der Waals surface area (Å²) in [7, 11) is -1.24. The number of ether oxygens (including phenoxy) is 1. The minimum atomic E-state index is -1.24. The molecule has 2 aromatic carbocycles. The van der Waals surface area contributed by atoms with E-state index in [0.717, 1.165) is 40.9 Å². The summed E-state index contributed by atoms with van der Waals surface area (Å²) in [6.45, 7) is 6.40. The Hall–Kier alpha value is -2.67. The fraction of sp³-hybridized carbons (Fsp3) is 0.391. The van der Waals surface area contributed by atoms with Crippen molar-refractivity contribution in [2.45, 2.75) is 56.9 Å². The van der Waals surface area contributed by atoms with Gasteiger partial charge in [0.25, 0.3) is 0 Å². The van der Waals surface area contributed by atoms with E-state index in [1.807, 2.05) is 67.8 Å². The Labute approximate surface area is 179 Å². The van der Waals surface area contributed by atoms with Crippen molar-refractivity contribution in [3.05, 3.63) is 48.0 Å². The van der Waals surface area contributed by atoms with Crippen molar-refractivity contribution in [2.24, 2.45) is 0 Å². The van der Waals surface area contributed by atoms with Crippen molar-refractivity contribution >= 4 is 27.8 Å². The normalized spacial score (nSPS) is 12.4. The van der Waals surface area contributed by atoms with Crippen LogP contribution in [-0.4, -0.2) is 36.7 Å². The highest BCUT2D eigenvalue weighted by Crippen LogP contribution is 2.28. The molecule has 7 heteroatoms. The van der Waals surface area contributed by atoms with Crippen molar-refractivity contribution in [1.29, 1.82) is 0 Å². The highest BCUT2D eigenvalue weighted by molar-refractivity contribution is 7.85. The van der Waals surface area contributed by atoms with Crippen molar-refractivity contribution in [3.8, 4) is 11.4 Å². The molecular formula is C23H28N2O4S. The number of aliphatic carboxylic acids is 1. The Balaban J connectivity index is 1.87. The number of imidazole rings is 1. The molecule has 0 saturated heterocycles. The van der Waals surface area contributed by atoms with Crippen LogP contribution in [0.25, 0.3) is 16.7 Å². The molecule has 0 spiro atoms. The molecular weight excluding hydrogens is 400 g/mol. The number of hydrogen-bond acceptors (Lipinski definition) is 4. The molecule has 3 aromatic rings. The number of nitrogens with zero attached hydrogens (tertiary/aromatic N) is 2. The topological polar surface area (TPSA) is 81.4 Å². The van der Waals surface area contributed by atoms with Crippen LogP contribution in [0.1, 0.15) is 45.1 Å². The predicted octanol–water partition coefficient (Wildman–Crippen LogP) is 4.87. The molecule has 0 fully saturated rings. The zero-order valence-corrected chi connectivity index (χ0v) is 18.4. The molecule has 1 heterocycles. The first-order valence-electron chi connectivity index (χ1n) is 10.2. The number of benzene rings is 2. The van der Waals surface area contributed by atoms with Gasteiger partial charge in [0, 0.05) is 23.4 Å². The van der Waals surface area contributed by atoms with Crippen molar-refractivity contribution in [2.75, 3.05) is 6.61 Å². The van der Waals surface area contributed by atoms with Gasteiger partial charge in [-0.15, -0.1) is 0 Å². The molecule has 0 aliphatic heterocycles. The number of aryl methyl sites for hydroxylation is 1. The summed E-state index contributed by atoms with van der Waals surface area (Å²) in [6, 6.07) is 13.8. The molecule has 0 radical (unpaired) electrons. The summed E-state index contributed by atoms with van der Waals surface area (Å²) < 4.78 is 20.8. The van der Waals surface area contributed by atoms with Gasteiger partial charge in [-0.1, -0.05) is 31.5 Å². The average Bonchev–Trinajstić information content (AvgIpc) is 3.09. The van der Waals surface area contributed by atoms with Crippen molar-refractivity contribution in [1.82, 2.24) is 9.55 Å². The highest BCUT2D eigenvalue weighted by atomic mass is 32.2. The quantitative estimate of drug-likeness (QED) is 0.466. The summed E-state index contributed by atoms with van der Waals surface area (Å²) in [4.78, 5) is 15.2. The monoisotopic (exact) mass is 428 g/mol. The van der Waals surface area contributed by atoms with E-state index >= 15 is 0 Å². The fourth-order valence-electron chi connectivity index (χ4n) is 3.16. The Kier molecular flexibility index (Phi) is 7.26. The van der Waals surface area contributed by atoms with E-state index in [1.54, 1.807) is 0 Å². The molecule has 1 aromatic heterocycles. The van der Waals surface area contributed by atoms with Crippen molar-refractivity contribution in [3.63, 3.8) is 0 Å². The lowest BCUT2D eigenvalue weighted by Gasteiger charge is -2.12. The molecule has 0 aliphatic rings. The first kappa shape index (κ1) is 22.0. The molecule has 1 atom stereocenters. The Morgan fingerprint density at radius 2 is 1.87 bits per heavy atom. The van der Waals surface area contributed by atoms with E-state index < -0.39 is 16.8 Å². The number of hydrogen-bond donors (Lipinski definition) is 1. The van der Waals surface area contributed by atoms with Gasteiger partial charge in [-0.2, -0.15) is 0 Å². The summed E-state index contributed by atoms with van der Waals surface area (Å²) >= 11 is 0. The largest absolute Gasteiger partial charge is 0.494 e. The third-order valence-electron chi connectivity index (χ3n) is 4.80. The maximum absolute atomic E-state index is 12.9. The van der Waals surface area contributed by atoms with Crippen LogP contribution in [0.5, 0.6) is 5.75 Å². The molecule has 0 aliphatic carbocycles. The fourth-order valence-corrected chi connectivity index (χ4v) is 4.15. The molecule has 1 unspecified atom stereocenters. The molecule has 6 nitrogen and oxygen atoms in total. The van der Waals surface area contributed by atoms with Crippen LogP contribution in [0.4, 0.5) is 0 Å². The molecule has 3 rings (SSSR count). The lowest BCUT2D eigenvalue weighted by molar-refractivity contribution is -0.137. The van der Waals surface area contributed by atoms with Crippen LogP contribution in [0, 0.1) is 6.92 Å². The van der Waals surface area contributed by atoms with Crippen LogP contribution < -0.4 is 4.74 Å². The van der Waals surface area contributed by atoms with E-state index in [1.165, 1.54) is 0 Å². The van der Waals surface area contributed by atoms with Crippen LogP contribution in [0.15, 0.2) is 47.6 Å². The van der Waals surface area contributed by atoms with E-state index in [2.05, 4.69) is 4.98 Å². The maximum Gasteiger partial charge on any atom is 0.303 e. The molecule has 1 N–H and O–H groups in total. The zero-order valence-electron chi connectivity index (χ0n) is 17.6. The minimum absolute atomic E-state index is 0.0486. The Morgan fingerprint density at radius 1 is 1.13 bits per heavy atom. The summed E-state index contributed by atoms with van der Waals surface area (Å²) in [5, 5.41) is 9.19. The molecule has 0 bridgehead atoms. The first-order valence-corrected chi connectivity index (χ1v) is 11.4. The minimum Gasteiger partial charge on any atom is -0.494 e. The number of carboxylic acids is 1. The van der Waals surface area contributed by atoms with E-state index in [-0.39, 0.29) is 11.7 Å². The zero-order chi connectivity index (χ0) is 21.7. The van der Waals surface area contributed by atoms with Gasteiger partial charge in [0.05, 0.1) is 28.4 Å². The summed E-state index contributed by atoms with van der Waals surface area (Å²) in [6.07, 6.45) is 2.46. The second-order valence-corrected chi connectivity index (χ2v) is 9.52. The first-order chi connectivity index (χ1) is 14.4. The average molecular weight is 429 g/mol. The number of fused-ring (bicyclic) bond motifs is 1. The third-order valence-corrected chi connectivity index (χ3v) is 6.29. The van der Waals surface area contributed by atoms with Gasteiger partial charge in [-0.05, 0) is 50.5 Å². The van der Waals surface area contributed by atoms with Gasteiger partial charge < -0.3 is 9.84 Å². The second-order valence-electron chi connectivity index (χ2n) is 7.61. The number of rotatable bonds is 10. The third kappa shape index (κ3) is 5.27. The van der Waals surface area contributed by atoms with Gasteiger partial charge in [0.15, 0.2) is 0 Å². The molecule has 0 amide bonds. The van der Waals surface area contributed by atoms with Gasteiger partial charge in [-0.3, -0.25) is 13.6 Å². The second kappa shape index (κ2) is 9.89. The molecule has 0 saturated carbocycles. The number of carboxylic acid groups (broad SMARTS) is 1.